The molecule has 1 saturated carbocycles. The van der Waals surface area contributed by atoms with Gasteiger partial charge in [-0.1, -0.05) is 85.0 Å². The Morgan fingerprint density at radius 3 is 1.59 bits per heavy atom. The molecule has 0 heteroatoms. The van der Waals surface area contributed by atoms with Gasteiger partial charge in [0.1, 0.15) is 0 Å². The van der Waals surface area contributed by atoms with Gasteiger partial charge in [0, 0.05) is 11.8 Å². The van der Waals surface area contributed by atoms with E-state index in [1.807, 2.05) is 0 Å². The second-order valence-corrected chi connectivity index (χ2v) is 8.94. The molecular formula is C27H26. The van der Waals surface area contributed by atoms with Crippen LogP contribution in [0.15, 0.2) is 72.8 Å². The summed E-state index contributed by atoms with van der Waals surface area (Å²) >= 11 is 0. The normalized spacial score (nSPS) is 34.4. The Labute approximate surface area is 162 Å². The minimum atomic E-state index is 0.618. The van der Waals surface area contributed by atoms with E-state index < -0.39 is 0 Å². The second-order valence-electron chi connectivity index (χ2n) is 8.94. The molecule has 0 aliphatic heterocycles. The van der Waals surface area contributed by atoms with Gasteiger partial charge in [0.2, 0.25) is 0 Å². The summed E-state index contributed by atoms with van der Waals surface area (Å²) in [7, 11) is 0. The largest absolute Gasteiger partial charge is 0.0848 e. The Hall–Kier alpha value is -2.34. The summed E-state index contributed by atoms with van der Waals surface area (Å²) in [5.74, 6) is 4.52. The maximum Gasteiger partial charge on any atom is 0.00301 e. The van der Waals surface area contributed by atoms with E-state index in [0.717, 1.165) is 23.7 Å². The summed E-state index contributed by atoms with van der Waals surface area (Å²) in [6, 6.07) is 18.0. The fourth-order valence-corrected chi connectivity index (χ4v) is 6.37. The lowest BCUT2D eigenvalue weighted by Gasteiger charge is -2.32. The van der Waals surface area contributed by atoms with Gasteiger partial charge in [0.05, 0.1) is 0 Å². The molecule has 0 radical (unpaired) electrons. The van der Waals surface area contributed by atoms with Gasteiger partial charge in [0.25, 0.3) is 0 Å². The van der Waals surface area contributed by atoms with E-state index in [1.165, 1.54) is 30.4 Å². The first-order chi connectivity index (χ1) is 13.4. The van der Waals surface area contributed by atoms with E-state index in [4.69, 9.17) is 0 Å². The van der Waals surface area contributed by atoms with Gasteiger partial charge in [-0.2, -0.15) is 0 Å². The first kappa shape index (κ1) is 15.7. The third-order valence-corrected chi connectivity index (χ3v) is 7.66. The molecule has 0 heterocycles. The van der Waals surface area contributed by atoms with Crippen molar-refractivity contribution in [1.82, 2.24) is 0 Å². The number of allylic oxidation sites excluding steroid dienone is 4. The predicted molar refractivity (Wildman–Crippen MR) is 113 cm³/mol. The van der Waals surface area contributed by atoms with Crippen molar-refractivity contribution in [2.75, 3.05) is 0 Å². The smallest absolute Gasteiger partial charge is 0.00301 e. The van der Waals surface area contributed by atoms with E-state index in [1.54, 1.807) is 11.1 Å². The quantitative estimate of drug-likeness (QED) is 0.530. The van der Waals surface area contributed by atoms with E-state index in [-0.39, 0.29) is 0 Å². The molecule has 2 bridgehead atoms. The molecule has 0 spiro atoms. The molecule has 2 aromatic carbocycles. The van der Waals surface area contributed by atoms with Crippen LogP contribution < -0.4 is 0 Å². The monoisotopic (exact) mass is 350 g/mol. The fourth-order valence-electron chi connectivity index (χ4n) is 6.37. The van der Waals surface area contributed by atoms with Crippen LogP contribution in [-0.4, -0.2) is 0 Å². The molecule has 4 aliphatic carbocycles. The average Bonchev–Trinajstić information content (AvgIpc) is 3.48. The van der Waals surface area contributed by atoms with Crippen LogP contribution in [0.25, 0.3) is 12.2 Å². The highest BCUT2D eigenvalue weighted by atomic mass is 14.5. The number of rotatable bonds is 4. The third kappa shape index (κ3) is 2.50. The maximum atomic E-state index is 2.54. The Morgan fingerprint density at radius 2 is 1.07 bits per heavy atom. The molecule has 4 aliphatic rings. The van der Waals surface area contributed by atoms with Crippen molar-refractivity contribution in [3.63, 3.8) is 0 Å². The first-order valence-corrected chi connectivity index (χ1v) is 10.6. The molecule has 6 atom stereocenters. The average molecular weight is 351 g/mol. The Kier molecular flexibility index (Phi) is 3.54. The number of benzene rings is 2. The maximum absolute atomic E-state index is 2.54. The molecule has 2 unspecified atom stereocenters. The standard InChI is InChI=1S/C27H26/c1-3-7-24-18(5-1)9-11-22(24)16-26-20-13-14-21(15-20)27(26)17-23-12-10-19-6-2-4-8-25(19)23/h1-14,20-23,26-27H,15-17H2/t20-,21+,22?,23?,26-,27-/m1/s1. The van der Waals surface area contributed by atoms with Crippen molar-refractivity contribution < 1.29 is 0 Å². The minimum absolute atomic E-state index is 0.618. The fraction of sp³-hybridized carbons (Fsp3) is 0.333. The first-order valence-electron chi connectivity index (χ1n) is 10.6. The van der Waals surface area contributed by atoms with Crippen LogP contribution in [0, 0.1) is 23.7 Å². The Morgan fingerprint density at radius 1 is 0.593 bits per heavy atom. The molecule has 0 saturated heterocycles. The zero-order valence-corrected chi connectivity index (χ0v) is 15.7. The lowest BCUT2D eigenvalue weighted by Crippen LogP contribution is -2.23. The molecular weight excluding hydrogens is 324 g/mol. The van der Waals surface area contributed by atoms with Crippen molar-refractivity contribution in [2.24, 2.45) is 23.7 Å². The van der Waals surface area contributed by atoms with Crippen LogP contribution in [0.2, 0.25) is 0 Å². The van der Waals surface area contributed by atoms with Crippen LogP contribution in [0.5, 0.6) is 0 Å². The van der Waals surface area contributed by atoms with E-state index in [2.05, 4.69) is 85.0 Å². The molecule has 2 aromatic rings. The van der Waals surface area contributed by atoms with Crippen molar-refractivity contribution in [3.05, 3.63) is 95.1 Å². The molecule has 27 heavy (non-hydrogen) atoms. The van der Waals surface area contributed by atoms with Crippen LogP contribution in [0.4, 0.5) is 0 Å². The SMILES string of the molecule is C1=CC(C[C@H]2[C@H](CC3C=Cc4ccccc43)[C@H]3C=C[C@@H]2C3)c2ccccc21. The highest BCUT2D eigenvalue weighted by Gasteiger charge is 2.45. The summed E-state index contributed by atoms with van der Waals surface area (Å²) in [5.41, 5.74) is 5.97. The van der Waals surface area contributed by atoms with Crippen LogP contribution in [0.3, 0.4) is 0 Å². The van der Waals surface area contributed by atoms with Gasteiger partial charge >= 0.3 is 0 Å². The summed E-state index contributed by atoms with van der Waals surface area (Å²) in [5, 5.41) is 0. The summed E-state index contributed by atoms with van der Waals surface area (Å²) in [6.45, 7) is 0. The van der Waals surface area contributed by atoms with Crippen LogP contribution in [-0.2, 0) is 0 Å². The van der Waals surface area contributed by atoms with Gasteiger partial charge in [0.15, 0.2) is 0 Å². The summed E-state index contributed by atoms with van der Waals surface area (Å²) in [4.78, 5) is 0. The molecule has 0 amide bonds. The number of fused-ring (bicyclic) bond motifs is 4. The summed E-state index contributed by atoms with van der Waals surface area (Å²) in [6.07, 6.45) is 18.7. The highest BCUT2D eigenvalue weighted by Crippen LogP contribution is 2.55. The molecule has 0 N–H and O–H groups in total. The van der Waals surface area contributed by atoms with Crippen molar-refractivity contribution in [3.8, 4) is 0 Å². The lowest BCUT2D eigenvalue weighted by molar-refractivity contribution is 0.262. The minimum Gasteiger partial charge on any atom is -0.0848 e. The van der Waals surface area contributed by atoms with Crippen LogP contribution >= 0.6 is 0 Å². The lowest BCUT2D eigenvalue weighted by atomic mass is 9.73. The van der Waals surface area contributed by atoms with Crippen molar-refractivity contribution >= 4 is 12.2 Å². The number of hydrogen-bond acceptors (Lipinski definition) is 0. The Balaban J connectivity index is 1.25. The van der Waals surface area contributed by atoms with E-state index >= 15 is 0 Å². The van der Waals surface area contributed by atoms with Gasteiger partial charge in [-0.15, -0.1) is 0 Å². The topological polar surface area (TPSA) is 0 Å². The number of hydrogen-bond donors (Lipinski definition) is 0. The third-order valence-electron chi connectivity index (χ3n) is 7.66. The zero-order chi connectivity index (χ0) is 17.8. The molecule has 0 nitrogen and oxygen atoms in total. The summed E-state index contributed by atoms with van der Waals surface area (Å²) < 4.78 is 0. The highest BCUT2D eigenvalue weighted by molar-refractivity contribution is 5.63. The Bertz CT molecular complexity index is 882. The molecule has 1 fully saturated rings. The second kappa shape index (κ2) is 6.09. The molecule has 6 rings (SSSR count). The molecule has 0 aromatic heterocycles. The van der Waals surface area contributed by atoms with Gasteiger partial charge < -0.3 is 0 Å². The van der Waals surface area contributed by atoms with Gasteiger partial charge in [-0.05, 0) is 65.2 Å². The van der Waals surface area contributed by atoms with E-state index in [0.29, 0.717) is 11.8 Å². The molecule has 134 valence electrons. The van der Waals surface area contributed by atoms with Crippen molar-refractivity contribution in [2.45, 2.75) is 31.1 Å². The predicted octanol–water partition coefficient (Wildman–Crippen LogP) is 6.83. The zero-order valence-electron chi connectivity index (χ0n) is 15.7. The van der Waals surface area contributed by atoms with Crippen LogP contribution in [0.1, 0.15) is 53.4 Å². The van der Waals surface area contributed by atoms with Gasteiger partial charge in [-0.3, -0.25) is 0 Å². The van der Waals surface area contributed by atoms with E-state index in [9.17, 15) is 0 Å². The van der Waals surface area contributed by atoms with Crippen molar-refractivity contribution in [1.29, 1.82) is 0 Å². The van der Waals surface area contributed by atoms with Gasteiger partial charge in [-0.25, -0.2) is 0 Å².